The van der Waals surface area contributed by atoms with Crippen LogP contribution in [0, 0.1) is 5.92 Å². The van der Waals surface area contributed by atoms with Crippen molar-refractivity contribution in [3.05, 3.63) is 29.8 Å². The molecule has 0 saturated carbocycles. The zero-order valence-electron chi connectivity index (χ0n) is 23.1. The number of nitrogens with one attached hydrogen (secondary N) is 2. The van der Waals surface area contributed by atoms with E-state index in [2.05, 4.69) is 10.6 Å². The Morgan fingerprint density at radius 3 is 1.94 bits per heavy atom. The third-order valence-corrected chi connectivity index (χ3v) is 5.70. The van der Waals surface area contributed by atoms with Gasteiger partial charge in [-0.25, -0.2) is 4.79 Å². The van der Waals surface area contributed by atoms with Gasteiger partial charge >= 0.3 is 6.09 Å². The van der Waals surface area contributed by atoms with Gasteiger partial charge in [0.1, 0.15) is 23.4 Å². The topological polar surface area (TPSA) is 108 Å². The lowest BCUT2D eigenvalue weighted by Gasteiger charge is -2.40. The third-order valence-electron chi connectivity index (χ3n) is 5.70. The largest absolute Gasteiger partial charge is 0.508 e. The number of alkyl carbamates (subject to hydrolysis) is 1. The highest BCUT2D eigenvalue weighted by atomic mass is 16.6. The smallest absolute Gasteiger partial charge is 0.408 e. The van der Waals surface area contributed by atoms with Crippen LogP contribution in [0.25, 0.3) is 0 Å². The molecular formula is C27H45N3O5. The Kier molecular flexibility index (Phi) is 10.6. The van der Waals surface area contributed by atoms with Crippen molar-refractivity contribution in [2.75, 3.05) is 0 Å². The minimum atomic E-state index is -0.954. The van der Waals surface area contributed by atoms with Gasteiger partial charge in [-0.1, -0.05) is 39.3 Å². The van der Waals surface area contributed by atoms with Crippen molar-refractivity contribution in [1.29, 1.82) is 0 Å². The second kappa shape index (κ2) is 12.3. The zero-order valence-corrected chi connectivity index (χ0v) is 23.1. The van der Waals surface area contributed by atoms with Crippen LogP contribution in [0.2, 0.25) is 0 Å². The molecule has 0 heterocycles. The van der Waals surface area contributed by atoms with E-state index in [-0.39, 0.29) is 29.5 Å². The summed E-state index contributed by atoms with van der Waals surface area (Å²) in [4.78, 5) is 41.9. The van der Waals surface area contributed by atoms with Crippen LogP contribution >= 0.6 is 0 Å². The molecule has 0 aromatic heterocycles. The highest BCUT2D eigenvalue weighted by Gasteiger charge is 2.40. The molecule has 3 N–H and O–H groups in total. The molecule has 8 heteroatoms. The number of benzene rings is 1. The molecule has 0 saturated heterocycles. The van der Waals surface area contributed by atoms with Crippen LogP contribution in [0.4, 0.5) is 4.79 Å². The lowest BCUT2D eigenvalue weighted by atomic mass is 9.94. The number of hydrogen-bond acceptors (Lipinski definition) is 5. The van der Waals surface area contributed by atoms with Crippen molar-refractivity contribution in [3.8, 4) is 5.75 Å². The van der Waals surface area contributed by atoms with Crippen LogP contribution in [-0.2, 0) is 14.3 Å². The predicted molar refractivity (Wildman–Crippen MR) is 138 cm³/mol. The predicted octanol–water partition coefficient (Wildman–Crippen LogP) is 4.91. The van der Waals surface area contributed by atoms with Crippen LogP contribution in [0.3, 0.4) is 0 Å². The fraction of sp³-hybridized carbons (Fsp3) is 0.667. The van der Waals surface area contributed by atoms with E-state index in [1.165, 1.54) is 12.1 Å². The second-order valence-corrected chi connectivity index (χ2v) is 11.2. The van der Waals surface area contributed by atoms with Crippen molar-refractivity contribution < 1.29 is 24.2 Å². The van der Waals surface area contributed by atoms with Crippen LogP contribution in [0.1, 0.15) is 93.7 Å². The summed E-state index contributed by atoms with van der Waals surface area (Å²) in [6, 6.07) is 4.14. The minimum Gasteiger partial charge on any atom is -0.508 e. The maximum absolute atomic E-state index is 14.1. The number of amides is 3. The van der Waals surface area contributed by atoms with E-state index in [1.807, 2.05) is 48.5 Å². The molecule has 0 bridgehead atoms. The SMILES string of the molecule is CCC(C)C(NC(=O)OC(C)(C)C)C(=O)N(C(C)CC)C(C(=O)NC(C)(C)C)c1ccc(O)cc1. The van der Waals surface area contributed by atoms with E-state index in [0.717, 1.165) is 0 Å². The molecule has 198 valence electrons. The number of nitrogens with zero attached hydrogens (tertiary/aromatic N) is 1. The Morgan fingerprint density at radius 2 is 1.51 bits per heavy atom. The first-order valence-electron chi connectivity index (χ1n) is 12.4. The molecule has 35 heavy (non-hydrogen) atoms. The van der Waals surface area contributed by atoms with E-state index in [0.29, 0.717) is 18.4 Å². The van der Waals surface area contributed by atoms with Gasteiger partial charge in [0.15, 0.2) is 0 Å². The Bertz CT molecular complexity index is 855. The summed E-state index contributed by atoms with van der Waals surface area (Å²) >= 11 is 0. The summed E-state index contributed by atoms with van der Waals surface area (Å²) in [5, 5.41) is 15.6. The quantitative estimate of drug-likeness (QED) is 0.455. The molecule has 0 radical (unpaired) electrons. The lowest BCUT2D eigenvalue weighted by molar-refractivity contribution is -0.146. The summed E-state index contributed by atoms with van der Waals surface area (Å²) in [6.45, 7) is 18.6. The van der Waals surface area contributed by atoms with Crippen molar-refractivity contribution in [2.24, 2.45) is 5.92 Å². The second-order valence-electron chi connectivity index (χ2n) is 11.2. The van der Waals surface area contributed by atoms with Gasteiger partial charge < -0.3 is 25.4 Å². The molecule has 4 atom stereocenters. The highest BCUT2D eigenvalue weighted by Crippen LogP contribution is 2.29. The molecule has 4 unspecified atom stereocenters. The van der Waals surface area contributed by atoms with Crippen molar-refractivity contribution in [2.45, 2.75) is 111 Å². The molecule has 1 rings (SSSR count). The van der Waals surface area contributed by atoms with Gasteiger partial charge in [0.25, 0.3) is 0 Å². The van der Waals surface area contributed by atoms with Crippen LogP contribution in [0.15, 0.2) is 24.3 Å². The van der Waals surface area contributed by atoms with Gasteiger partial charge in [-0.15, -0.1) is 0 Å². The number of carbonyl (C=O) groups excluding carboxylic acids is 3. The minimum absolute atomic E-state index is 0.0641. The number of carbonyl (C=O) groups is 3. The lowest BCUT2D eigenvalue weighted by Crippen LogP contribution is -2.58. The molecule has 1 aromatic carbocycles. The first-order valence-corrected chi connectivity index (χ1v) is 12.4. The summed E-state index contributed by atoms with van der Waals surface area (Å²) in [7, 11) is 0. The maximum Gasteiger partial charge on any atom is 0.408 e. The number of ether oxygens (including phenoxy) is 1. The van der Waals surface area contributed by atoms with Gasteiger partial charge in [-0.2, -0.15) is 0 Å². The van der Waals surface area contributed by atoms with Gasteiger partial charge in [0, 0.05) is 11.6 Å². The highest BCUT2D eigenvalue weighted by molar-refractivity contribution is 5.92. The van der Waals surface area contributed by atoms with E-state index >= 15 is 0 Å². The molecule has 0 aliphatic rings. The number of aromatic hydroxyl groups is 1. The van der Waals surface area contributed by atoms with Crippen LogP contribution < -0.4 is 10.6 Å². The van der Waals surface area contributed by atoms with E-state index in [9.17, 15) is 19.5 Å². The summed E-state index contributed by atoms with van der Waals surface area (Å²) in [5.74, 6) is -0.833. The molecular weight excluding hydrogens is 446 g/mol. The summed E-state index contributed by atoms with van der Waals surface area (Å²) < 4.78 is 5.42. The Balaban J connectivity index is 3.57. The molecule has 3 amide bonds. The first-order chi connectivity index (χ1) is 16.0. The molecule has 1 aromatic rings. The van der Waals surface area contributed by atoms with Crippen molar-refractivity contribution in [3.63, 3.8) is 0 Å². The fourth-order valence-corrected chi connectivity index (χ4v) is 3.61. The Labute approximate surface area is 210 Å². The average Bonchev–Trinajstić information content (AvgIpc) is 2.72. The number of phenols is 1. The zero-order chi connectivity index (χ0) is 27.1. The summed E-state index contributed by atoms with van der Waals surface area (Å²) in [6.07, 6.45) is 0.557. The van der Waals surface area contributed by atoms with Crippen molar-refractivity contribution >= 4 is 17.9 Å². The third kappa shape index (κ3) is 9.42. The van der Waals surface area contributed by atoms with Gasteiger partial charge in [0.05, 0.1) is 0 Å². The number of rotatable bonds is 9. The molecule has 0 aliphatic heterocycles. The van der Waals surface area contributed by atoms with Gasteiger partial charge in [-0.05, 0) is 78.5 Å². The van der Waals surface area contributed by atoms with Crippen LogP contribution in [-0.4, -0.2) is 51.1 Å². The fourth-order valence-electron chi connectivity index (χ4n) is 3.61. The molecule has 8 nitrogen and oxygen atoms in total. The van der Waals surface area contributed by atoms with E-state index < -0.39 is 29.3 Å². The number of phenolic OH excluding ortho intramolecular Hbond substituents is 1. The monoisotopic (exact) mass is 491 g/mol. The van der Waals surface area contributed by atoms with Gasteiger partial charge in [0.2, 0.25) is 11.8 Å². The molecule has 0 spiro atoms. The van der Waals surface area contributed by atoms with E-state index in [1.54, 1.807) is 37.8 Å². The summed E-state index contributed by atoms with van der Waals surface area (Å²) in [5.41, 5.74) is -0.676. The van der Waals surface area contributed by atoms with E-state index in [4.69, 9.17) is 4.74 Å². The maximum atomic E-state index is 14.1. The molecule has 0 fully saturated rings. The molecule has 0 aliphatic carbocycles. The Hall–Kier alpha value is -2.77. The average molecular weight is 492 g/mol. The Morgan fingerprint density at radius 1 is 0.971 bits per heavy atom. The van der Waals surface area contributed by atoms with Crippen LogP contribution in [0.5, 0.6) is 5.75 Å². The standard InChI is InChI=1S/C27H45N3O5/c1-11-17(3)21(28-25(34)35-27(8,9)10)24(33)30(18(4)12-2)22(23(32)29-26(5,6)7)19-13-15-20(31)16-14-19/h13-18,21-22,31H,11-12H2,1-10H3,(H,28,34)(H,29,32). The van der Waals surface area contributed by atoms with Crippen molar-refractivity contribution in [1.82, 2.24) is 15.5 Å². The normalized spacial score (nSPS) is 15.4. The number of hydrogen-bond donors (Lipinski definition) is 3. The van der Waals surface area contributed by atoms with Gasteiger partial charge in [-0.3, -0.25) is 9.59 Å². The first kappa shape index (κ1) is 30.3.